The number of nitrogens with zero attached hydrogens (tertiary/aromatic N) is 2. The second-order valence-corrected chi connectivity index (χ2v) is 6.36. The Morgan fingerprint density at radius 2 is 1.83 bits per heavy atom. The average molecular weight is 430 g/mol. The molecule has 10 heteroatoms. The largest absolute Gasteiger partial charge is 0.497 e. The summed E-state index contributed by atoms with van der Waals surface area (Å²) < 4.78 is 15.8. The monoisotopic (exact) mass is 429 g/mol. The van der Waals surface area contributed by atoms with Gasteiger partial charge in [-0.3, -0.25) is 14.9 Å². The van der Waals surface area contributed by atoms with Crippen LogP contribution in [-0.2, 0) is 0 Å². The molecule has 3 aromatic rings. The van der Waals surface area contributed by atoms with Crippen molar-refractivity contribution in [1.82, 2.24) is 5.43 Å². The van der Waals surface area contributed by atoms with Crippen LogP contribution >= 0.6 is 11.6 Å². The summed E-state index contributed by atoms with van der Waals surface area (Å²) in [6.45, 7) is 0. The van der Waals surface area contributed by atoms with Gasteiger partial charge in [0, 0.05) is 22.7 Å². The number of amides is 1. The molecule has 0 bridgehead atoms. The summed E-state index contributed by atoms with van der Waals surface area (Å²) in [7, 11) is 2.96. The molecule has 0 atom stereocenters. The summed E-state index contributed by atoms with van der Waals surface area (Å²) in [6, 6.07) is 12.1. The number of methoxy groups -OCH3 is 2. The molecule has 3 rings (SSSR count). The van der Waals surface area contributed by atoms with Crippen LogP contribution in [0.2, 0.25) is 5.02 Å². The van der Waals surface area contributed by atoms with Crippen LogP contribution < -0.4 is 14.9 Å². The van der Waals surface area contributed by atoms with Crippen LogP contribution in [0, 0.1) is 10.1 Å². The second kappa shape index (κ2) is 9.10. The number of nitro groups is 1. The number of hydrazone groups is 1. The van der Waals surface area contributed by atoms with Gasteiger partial charge in [0.25, 0.3) is 11.6 Å². The molecule has 0 fully saturated rings. The number of nitro benzene ring substituents is 1. The van der Waals surface area contributed by atoms with Crippen LogP contribution in [0.4, 0.5) is 5.69 Å². The van der Waals surface area contributed by atoms with Gasteiger partial charge in [-0.1, -0.05) is 11.6 Å². The fourth-order valence-electron chi connectivity index (χ4n) is 2.59. The minimum absolute atomic E-state index is 0.180. The summed E-state index contributed by atoms with van der Waals surface area (Å²) in [5, 5.41) is 15.3. The summed E-state index contributed by atoms with van der Waals surface area (Å²) in [5.41, 5.74) is 2.76. The molecular weight excluding hydrogens is 414 g/mol. The van der Waals surface area contributed by atoms with Gasteiger partial charge in [0.1, 0.15) is 23.0 Å². The third kappa shape index (κ3) is 4.76. The van der Waals surface area contributed by atoms with Gasteiger partial charge in [-0.25, -0.2) is 5.43 Å². The number of ether oxygens (including phenoxy) is 2. The highest BCUT2D eigenvalue weighted by atomic mass is 35.5. The minimum atomic E-state index is -0.542. The lowest BCUT2D eigenvalue weighted by Gasteiger charge is -2.07. The molecule has 1 aromatic heterocycles. The van der Waals surface area contributed by atoms with Crippen molar-refractivity contribution in [3.8, 4) is 22.8 Å². The fourth-order valence-corrected chi connectivity index (χ4v) is 2.76. The lowest BCUT2D eigenvalue weighted by atomic mass is 10.1. The van der Waals surface area contributed by atoms with Gasteiger partial charge in [0.05, 0.1) is 30.9 Å². The molecule has 9 nitrogen and oxygen atoms in total. The van der Waals surface area contributed by atoms with E-state index in [1.807, 2.05) is 0 Å². The van der Waals surface area contributed by atoms with Crippen molar-refractivity contribution in [1.29, 1.82) is 0 Å². The first-order chi connectivity index (χ1) is 14.4. The van der Waals surface area contributed by atoms with Crippen LogP contribution in [0.1, 0.15) is 16.1 Å². The van der Waals surface area contributed by atoms with E-state index in [4.69, 9.17) is 25.5 Å². The number of nitrogens with one attached hydrogen (secondary N) is 1. The van der Waals surface area contributed by atoms with Crippen molar-refractivity contribution in [3.63, 3.8) is 0 Å². The lowest BCUT2D eigenvalue weighted by molar-refractivity contribution is -0.384. The Morgan fingerprint density at radius 1 is 1.13 bits per heavy atom. The van der Waals surface area contributed by atoms with Gasteiger partial charge in [-0.15, -0.1) is 0 Å². The van der Waals surface area contributed by atoms with Crippen molar-refractivity contribution in [2.45, 2.75) is 0 Å². The van der Waals surface area contributed by atoms with E-state index in [2.05, 4.69) is 10.5 Å². The molecule has 0 unspecified atom stereocenters. The summed E-state index contributed by atoms with van der Waals surface area (Å²) in [5.74, 6) is 0.998. The van der Waals surface area contributed by atoms with Crippen molar-refractivity contribution in [3.05, 3.63) is 75.0 Å². The van der Waals surface area contributed by atoms with Gasteiger partial charge >= 0.3 is 0 Å². The second-order valence-electron chi connectivity index (χ2n) is 5.92. The minimum Gasteiger partial charge on any atom is -0.497 e. The molecule has 0 aliphatic heterocycles. The highest BCUT2D eigenvalue weighted by Crippen LogP contribution is 2.33. The maximum absolute atomic E-state index is 12.3. The van der Waals surface area contributed by atoms with Crippen molar-refractivity contribution in [2.24, 2.45) is 5.10 Å². The Kier molecular flexibility index (Phi) is 6.33. The van der Waals surface area contributed by atoms with Gasteiger partial charge in [-0.2, -0.15) is 5.10 Å². The Bertz CT molecular complexity index is 1100. The quantitative estimate of drug-likeness (QED) is 0.340. The lowest BCUT2D eigenvalue weighted by Crippen LogP contribution is -2.17. The molecule has 1 amide bonds. The molecule has 0 aliphatic carbocycles. The normalized spacial score (nSPS) is 10.8. The van der Waals surface area contributed by atoms with Crippen LogP contribution in [0.5, 0.6) is 11.5 Å². The number of hydrogen-bond donors (Lipinski definition) is 1. The van der Waals surface area contributed by atoms with Gasteiger partial charge in [0.2, 0.25) is 0 Å². The van der Waals surface area contributed by atoms with E-state index in [1.54, 1.807) is 18.2 Å². The third-order valence-corrected chi connectivity index (χ3v) is 4.26. The summed E-state index contributed by atoms with van der Waals surface area (Å²) in [4.78, 5) is 23.0. The molecule has 154 valence electrons. The standard InChI is InChI=1S/C20H16ClN3O6/c1-28-15-7-12(8-16(10-15)29-2)20(25)23-22-11-14-4-6-19(30-14)17-5-3-13(21)9-18(17)24(26)27/h3-11H,1-2H3,(H,23,25)/b22-11-. The summed E-state index contributed by atoms with van der Waals surface area (Å²) in [6.07, 6.45) is 1.28. The first kappa shape index (κ1) is 20.9. The van der Waals surface area contributed by atoms with Crippen LogP contribution in [0.25, 0.3) is 11.3 Å². The Labute approximate surface area is 176 Å². The van der Waals surface area contributed by atoms with Crippen molar-refractivity contribution in [2.75, 3.05) is 14.2 Å². The number of hydrogen-bond acceptors (Lipinski definition) is 7. The highest BCUT2D eigenvalue weighted by Gasteiger charge is 2.18. The average Bonchev–Trinajstić information content (AvgIpc) is 3.21. The zero-order valence-electron chi connectivity index (χ0n) is 15.9. The Hall–Kier alpha value is -3.85. The van der Waals surface area contributed by atoms with E-state index in [0.29, 0.717) is 17.1 Å². The van der Waals surface area contributed by atoms with E-state index in [0.717, 1.165) is 0 Å². The zero-order chi connectivity index (χ0) is 21.7. The molecule has 0 spiro atoms. The molecule has 30 heavy (non-hydrogen) atoms. The molecule has 1 heterocycles. The summed E-state index contributed by atoms with van der Waals surface area (Å²) >= 11 is 5.83. The Morgan fingerprint density at radius 3 is 2.47 bits per heavy atom. The number of benzene rings is 2. The third-order valence-electron chi connectivity index (χ3n) is 4.02. The maximum atomic E-state index is 12.3. The van der Waals surface area contributed by atoms with E-state index in [1.165, 1.54) is 50.8 Å². The van der Waals surface area contributed by atoms with E-state index >= 15 is 0 Å². The number of carbonyl (C=O) groups excluding carboxylic acids is 1. The van der Waals surface area contributed by atoms with E-state index in [-0.39, 0.29) is 27.8 Å². The van der Waals surface area contributed by atoms with E-state index in [9.17, 15) is 14.9 Å². The molecular formula is C20H16ClN3O6. The number of furan rings is 1. The fraction of sp³-hybridized carbons (Fsp3) is 0.100. The highest BCUT2D eigenvalue weighted by molar-refractivity contribution is 6.30. The van der Waals surface area contributed by atoms with Gasteiger partial charge in [-0.05, 0) is 36.4 Å². The maximum Gasteiger partial charge on any atom is 0.281 e. The molecule has 2 aromatic carbocycles. The van der Waals surface area contributed by atoms with Crippen molar-refractivity contribution >= 4 is 29.4 Å². The van der Waals surface area contributed by atoms with Crippen LogP contribution in [-0.4, -0.2) is 31.3 Å². The first-order valence-electron chi connectivity index (χ1n) is 8.52. The van der Waals surface area contributed by atoms with Crippen LogP contribution in [0.15, 0.2) is 58.0 Å². The predicted molar refractivity (Wildman–Crippen MR) is 110 cm³/mol. The SMILES string of the molecule is COc1cc(OC)cc(C(=O)N/N=C\c2ccc(-c3ccc(Cl)cc3[N+](=O)[O-])o2)c1. The molecule has 1 N–H and O–H groups in total. The number of halogens is 1. The topological polar surface area (TPSA) is 116 Å². The zero-order valence-corrected chi connectivity index (χ0v) is 16.7. The molecule has 0 aliphatic rings. The van der Waals surface area contributed by atoms with Crippen LogP contribution in [0.3, 0.4) is 0 Å². The smallest absolute Gasteiger partial charge is 0.281 e. The predicted octanol–water partition coefficient (Wildman–Crippen LogP) is 4.29. The molecule has 0 saturated heterocycles. The van der Waals surface area contributed by atoms with Crippen molar-refractivity contribution < 1.29 is 23.6 Å². The Balaban J connectivity index is 1.74. The molecule has 0 radical (unpaired) electrons. The van der Waals surface area contributed by atoms with Gasteiger partial charge < -0.3 is 13.9 Å². The molecule has 0 saturated carbocycles. The first-order valence-corrected chi connectivity index (χ1v) is 8.89. The number of carbonyl (C=O) groups is 1. The number of rotatable bonds is 7. The van der Waals surface area contributed by atoms with Gasteiger partial charge in [0.15, 0.2) is 0 Å². The van der Waals surface area contributed by atoms with E-state index < -0.39 is 10.8 Å².